The maximum atomic E-state index is 12.0. The summed E-state index contributed by atoms with van der Waals surface area (Å²) in [4.78, 5) is 12.0. The number of amides is 1. The fourth-order valence-electron chi connectivity index (χ4n) is 1.70. The second-order valence-electron chi connectivity index (χ2n) is 4.20. The molecule has 98 valence electrons. The number of aromatic hydroxyl groups is 1. The molecule has 2 rings (SSSR count). The van der Waals surface area contributed by atoms with Crippen LogP contribution in [0.2, 0.25) is 0 Å². The Labute approximate surface area is 111 Å². The minimum atomic E-state index is -0.341. The first-order valence-electron chi connectivity index (χ1n) is 5.85. The third kappa shape index (κ3) is 3.04. The van der Waals surface area contributed by atoms with Crippen LogP contribution in [0.3, 0.4) is 0 Å². The Morgan fingerprint density at radius 3 is 2.47 bits per heavy atom. The highest BCUT2D eigenvalue weighted by Gasteiger charge is 2.11. The summed E-state index contributed by atoms with van der Waals surface area (Å²) in [6.45, 7) is 1.86. The first-order chi connectivity index (χ1) is 9.10. The number of rotatable bonds is 3. The van der Waals surface area contributed by atoms with Crippen molar-refractivity contribution in [3.05, 3.63) is 53.6 Å². The van der Waals surface area contributed by atoms with Crippen LogP contribution >= 0.6 is 0 Å². The fraction of sp³-hybridized carbons (Fsp3) is 0.133. The zero-order valence-corrected chi connectivity index (χ0v) is 10.8. The molecule has 0 aliphatic carbocycles. The SMILES string of the molecule is COc1ccc(NC(=O)c2cc(C)ccc2O)cc1. The first kappa shape index (κ1) is 13.0. The summed E-state index contributed by atoms with van der Waals surface area (Å²) in [5.74, 6) is 0.347. The fourth-order valence-corrected chi connectivity index (χ4v) is 1.70. The Morgan fingerprint density at radius 2 is 1.84 bits per heavy atom. The zero-order chi connectivity index (χ0) is 13.8. The Balaban J connectivity index is 2.18. The Bertz CT molecular complexity index is 591. The highest BCUT2D eigenvalue weighted by atomic mass is 16.5. The highest BCUT2D eigenvalue weighted by Crippen LogP contribution is 2.21. The van der Waals surface area contributed by atoms with Gasteiger partial charge in [-0.15, -0.1) is 0 Å². The normalized spacial score (nSPS) is 10.0. The van der Waals surface area contributed by atoms with Crippen LogP contribution in [0.1, 0.15) is 15.9 Å². The number of nitrogens with one attached hydrogen (secondary N) is 1. The first-order valence-corrected chi connectivity index (χ1v) is 5.85. The van der Waals surface area contributed by atoms with Crippen LogP contribution < -0.4 is 10.1 Å². The summed E-state index contributed by atoms with van der Waals surface area (Å²) < 4.78 is 5.04. The van der Waals surface area contributed by atoms with Gasteiger partial charge in [-0.05, 0) is 43.3 Å². The standard InChI is InChI=1S/C15H15NO3/c1-10-3-8-14(17)13(9-10)15(18)16-11-4-6-12(19-2)7-5-11/h3-9,17H,1-2H3,(H,16,18). The van der Waals surface area contributed by atoms with Gasteiger partial charge in [0.15, 0.2) is 0 Å². The molecule has 0 aromatic heterocycles. The molecule has 0 spiro atoms. The van der Waals surface area contributed by atoms with E-state index in [0.29, 0.717) is 5.69 Å². The molecule has 2 aromatic carbocycles. The maximum absolute atomic E-state index is 12.0. The Hall–Kier alpha value is -2.49. The van der Waals surface area contributed by atoms with Crippen molar-refractivity contribution in [2.45, 2.75) is 6.92 Å². The van der Waals surface area contributed by atoms with Crippen LogP contribution in [0.5, 0.6) is 11.5 Å². The van der Waals surface area contributed by atoms with Gasteiger partial charge in [-0.2, -0.15) is 0 Å². The van der Waals surface area contributed by atoms with Gasteiger partial charge in [0.25, 0.3) is 5.91 Å². The topological polar surface area (TPSA) is 58.6 Å². The van der Waals surface area contributed by atoms with E-state index in [0.717, 1.165) is 11.3 Å². The van der Waals surface area contributed by atoms with Crippen LogP contribution in [0, 0.1) is 6.92 Å². The number of carbonyl (C=O) groups excluding carboxylic acids is 1. The molecule has 0 aliphatic heterocycles. The molecule has 1 amide bonds. The molecule has 0 radical (unpaired) electrons. The van der Waals surface area contributed by atoms with Gasteiger partial charge in [-0.1, -0.05) is 11.6 Å². The van der Waals surface area contributed by atoms with Gasteiger partial charge in [0.1, 0.15) is 11.5 Å². The van der Waals surface area contributed by atoms with E-state index in [1.54, 1.807) is 43.5 Å². The number of hydrogen-bond acceptors (Lipinski definition) is 3. The van der Waals surface area contributed by atoms with Crippen molar-refractivity contribution in [2.24, 2.45) is 0 Å². The van der Waals surface area contributed by atoms with E-state index in [-0.39, 0.29) is 17.2 Å². The molecule has 0 saturated heterocycles. The minimum Gasteiger partial charge on any atom is -0.507 e. The third-order valence-electron chi connectivity index (χ3n) is 2.74. The average Bonchev–Trinajstić information content (AvgIpc) is 2.42. The lowest BCUT2D eigenvalue weighted by molar-refractivity contribution is 0.102. The quantitative estimate of drug-likeness (QED) is 0.888. The van der Waals surface area contributed by atoms with E-state index < -0.39 is 0 Å². The molecule has 2 N–H and O–H groups in total. The summed E-state index contributed by atoms with van der Waals surface area (Å²) in [6, 6.07) is 11.9. The molecular weight excluding hydrogens is 242 g/mol. The lowest BCUT2D eigenvalue weighted by atomic mass is 10.1. The van der Waals surface area contributed by atoms with Crippen LogP contribution in [-0.4, -0.2) is 18.1 Å². The summed E-state index contributed by atoms with van der Waals surface area (Å²) in [5.41, 5.74) is 1.82. The van der Waals surface area contributed by atoms with Gasteiger partial charge in [-0.25, -0.2) is 0 Å². The third-order valence-corrected chi connectivity index (χ3v) is 2.74. The molecule has 4 nitrogen and oxygen atoms in total. The summed E-state index contributed by atoms with van der Waals surface area (Å²) in [5, 5.41) is 12.4. The van der Waals surface area contributed by atoms with Crippen molar-refractivity contribution in [1.82, 2.24) is 0 Å². The van der Waals surface area contributed by atoms with Crippen molar-refractivity contribution in [2.75, 3.05) is 12.4 Å². The number of hydrogen-bond donors (Lipinski definition) is 2. The lowest BCUT2D eigenvalue weighted by Crippen LogP contribution is -2.12. The molecule has 4 heteroatoms. The van der Waals surface area contributed by atoms with Crippen molar-refractivity contribution < 1.29 is 14.6 Å². The maximum Gasteiger partial charge on any atom is 0.259 e. The number of phenols is 1. The van der Waals surface area contributed by atoms with Crippen LogP contribution in [0.15, 0.2) is 42.5 Å². The van der Waals surface area contributed by atoms with Gasteiger partial charge < -0.3 is 15.2 Å². The van der Waals surface area contributed by atoms with Gasteiger partial charge in [0, 0.05) is 5.69 Å². The molecule has 2 aromatic rings. The number of methoxy groups -OCH3 is 1. The van der Waals surface area contributed by atoms with Crippen molar-refractivity contribution in [3.8, 4) is 11.5 Å². The second kappa shape index (κ2) is 5.44. The largest absolute Gasteiger partial charge is 0.507 e. The van der Waals surface area contributed by atoms with Gasteiger partial charge in [0.2, 0.25) is 0 Å². The summed E-state index contributed by atoms with van der Waals surface area (Å²) >= 11 is 0. The van der Waals surface area contributed by atoms with E-state index >= 15 is 0 Å². The van der Waals surface area contributed by atoms with Crippen molar-refractivity contribution in [3.63, 3.8) is 0 Å². The number of carbonyl (C=O) groups is 1. The van der Waals surface area contributed by atoms with Crippen molar-refractivity contribution >= 4 is 11.6 Å². The van der Waals surface area contributed by atoms with Gasteiger partial charge in [0.05, 0.1) is 12.7 Å². The molecule has 0 bridgehead atoms. The molecule has 0 heterocycles. The molecular formula is C15H15NO3. The number of ether oxygens (including phenoxy) is 1. The van der Waals surface area contributed by atoms with Crippen LogP contribution in [0.25, 0.3) is 0 Å². The Morgan fingerprint density at radius 1 is 1.16 bits per heavy atom. The molecule has 0 aliphatic rings. The van der Waals surface area contributed by atoms with E-state index in [9.17, 15) is 9.90 Å². The molecule has 19 heavy (non-hydrogen) atoms. The summed E-state index contributed by atoms with van der Waals surface area (Å²) in [7, 11) is 1.58. The predicted octanol–water partition coefficient (Wildman–Crippen LogP) is 2.96. The van der Waals surface area contributed by atoms with Crippen LogP contribution in [0.4, 0.5) is 5.69 Å². The van der Waals surface area contributed by atoms with E-state index in [2.05, 4.69) is 5.32 Å². The lowest BCUT2D eigenvalue weighted by Gasteiger charge is -2.08. The molecule has 0 unspecified atom stereocenters. The molecule has 0 atom stereocenters. The Kier molecular flexibility index (Phi) is 3.71. The molecule has 0 saturated carbocycles. The number of anilines is 1. The monoisotopic (exact) mass is 257 g/mol. The average molecular weight is 257 g/mol. The number of phenolic OH excluding ortho intramolecular Hbond substituents is 1. The zero-order valence-electron chi connectivity index (χ0n) is 10.8. The van der Waals surface area contributed by atoms with Crippen molar-refractivity contribution in [1.29, 1.82) is 0 Å². The van der Waals surface area contributed by atoms with Gasteiger partial charge in [-0.3, -0.25) is 4.79 Å². The van der Waals surface area contributed by atoms with E-state index in [1.165, 1.54) is 6.07 Å². The highest BCUT2D eigenvalue weighted by molar-refractivity contribution is 6.06. The summed E-state index contributed by atoms with van der Waals surface area (Å²) in [6.07, 6.45) is 0. The smallest absolute Gasteiger partial charge is 0.259 e. The van der Waals surface area contributed by atoms with Crippen LogP contribution in [-0.2, 0) is 0 Å². The second-order valence-corrected chi connectivity index (χ2v) is 4.20. The van der Waals surface area contributed by atoms with E-state index in [4.69, 9.17) is 4.74 Å². The number of aryl methyl sites for hydroxylation is 1. The number of benzene rings is 2. The predicted molar refractivity (Wildman–Crippen MR) is 73.8 cm³/mol. The molecule has 0 fully saturated rings. The minimum absolute atomic E-state index is 0.0309. The van der Waals surface area contributed by atoms with Gasteiger partial charge >= 0.3 is 0 Å². The van der Waals surface area contributed by atoms with E-state index in [1.807, 2.05) is 6.92 Å².